The molecule has 1 rings (SSSR count). The van der Waals surface area contributed by atoms with E-state index in [9.17, 15) is 0 Å². The molecule has 2 heteroatoms. The van der Waals surface area contributed by atoms with Gasteiger partial charge in [-0.15, -0.1) is 0 Å². The van der Waals surface area contributed by atoms with Crippen LogP contribution in [-0.4, -0.2) is 11.4 Å². The first-order chi connectivity index (χ1) is 8.86. The van der Waals surface area contributed by atoms with Gasteiger partial charge in [-0.2, -0.15) is 0 Å². The second-order valence-electron chi connectivity index (χ2n) is 4.86. The molecular formula is C16H25NO. The predicted octanol–water partition coefficient (Wildman–Crippen LogP) is 4.79. The molecule has 0 spiro atoms. The Bertz CT molecular complexity index is 347. The minimum Gasteiger partial charge on any atom is -0.411 e. The van der Waals surface area contributed by atoms with Gasteiger partial charge in [-0.05, 0) is 24.0 Å². The summed E-state index contributed by atoms with van der Waals surface area (Å²) in [6.07, 6.45) is 12.0. The molecule has 0 amide bonds. The van der Waals surface area contributed by atoms with Gasteiger partial charge in [-0.1, -0.05) is 74.9 Å². The summed E-state index contributed by atoms with van der Waals surface area (Å²) in [5, 5.41) is 11.6. The number of aryl methyl sites for hydroxylation is 1. The van der Waals surface area contributed by atoms with Crippen molar-refractivity contribution in [2.24, 2.45) is 5.16 Å². The van der Waals surface area contributed by atoms with Gasteiger partial charge in [0, 0.05) is 0 Å². The summed E-state index contributed by atoms with van der Waals surface area (Å²) in [6.45, 7) is 2.25. The van der Waals surface area contributed by atoms with E-state index in [1.54, 1.807) is 0 Å². The van der Waals surface area contributed by atoms with E-state index in [0.29, 0.717) is 0 Å². The number of hydrogen-bond donors (Lipinski definition) is 1. The average molecular weight is 247 g/mol. The van der Waals surface area contributed by atoms with Crippen LogP contribution >= 0.6 is 0 Å². The Morgan fingerprint density at radius 3 is 2.50 bits per heavy atom. The summed E-state index contributed by atoms with van der Waals surface area (Å²) in [5.74, 6) is 0. The molecule has 0 fully saturated rings. The van der Waals surface area contributed by atoms with E-state index in [-0.39, 0.29) is 0 Å². The number of oxime groups is 1. The molecule has 0 atom stereocenters. The van der Waals surface area contributed by atoms with Crippen LogP contribution < -0.4 is 0 Å². The number of nitrogens with zero attached hydrogens (tertiary/aromatic N) is 1. The monoisotopic (exact) mass is 247 g/mol. The highest BCUT2D eigenvalue weighted by Crippen LogP contribution is 2.11. The Balaban J connectivity index is 2.17. The van der Waals surface area contributed by atoms with E-state index in [1.165, 1.54) is 56.7 Å². The lowest BCUT2D eigenvalue weighted by Crippen LogP contribution is -1.89. The maximum absolute atomic E-state index is 8.50. The van der Waals surface area contributed by atoms with E-state index >= 15 is 0 Å². The Morgan fingerprint density at radius 2 is 1.78 bits per heavy atom. The minimum absolute atomic E-state index is 0.970. The van der Waals surface area contributed by atoms with Crippen LogP contribution in [0, 0.1) is 0 Å². The molecule has 0 bridgehead atoms. The fourth-order valence-electron chi connectivity index (χ4n) is 2.18. The first kappa shape index (κ1) is 14.7. The molecular weight excluding hydrogens is 222 g/mol. The number of rotatable bonds is 9. The lowest BCUT2D eigenvalue weighted by molar-refractivity contribution is 0.322. The molecule has 1 aromatic carbocycles. The maximum atomic E-state index is 8.50. The van der Waals surface area contributed by atoms with E-state index in [4.69, 9.17) is 5.21 Å². The molecule has 0 aliphatic rings. The zero-order valence-electron chi connectivity index (χ0n) is 11.4. The standard InChI is InChI=1S/C16H25NO/c1-2-3-4-5-6-7-8-10-15-11-9-12-16(13-15)14-17-18/h9,11-14,18H,2-8,10H2,1H3. The molecule has 0 heterocycles. The summed E-state index contributed by atoms with van der Waals surface area (Å²) in [4.78, 5) is 0. The molecule has 0 aliphatic heterocycles. The third-order valence-corrected chi connectivity index (χ3v) is 3.23. The third kappa shape index (κ3) is 6.43. The maximum Gasteiger partial charge on any atom is 0.0733 e. The topological polar surface area (TPSA) is 32.6 Å². The fraction of sp³-hybridized carbons (Fsp3) is 0.562. The van der Waals surface area contributed by atoms with Crippen LogP contribution in [0.1, 0.15) is 63.0 Å². The van der Waals surface area contributed by atoms with Crippen LogP contribution in [0.15, 0.2) is 29.4 Å². The van der Waals surface area contributed by atoms with Crippen molar-refractivity contribution in [2.45, 2.75) is 58.3 Å². The minimum atomic E-state index is 0.970. The van der Waals surface area contributed by atoms with Crippen LogP contribution in [0.2, 0.25) is 0 Å². The van der Waals surface area contributed by atoms with Crippen molar-refractivity contribution >= 4 is 6.21 Å². The van der Waals surface area contributed by atoms with Gasteiger partial charge < -0.3 is 5.21 Å². The Kier molecular flexibility index (Phi) is 7.94. The van der Waals surface area contributed by atoms with Crippen LogP contribution in [0.25, 0.3) is 0 Å². The first-order valence-corrected chi connectivity index (χ1v) is 7.13. The fourth-order valence-corrected chi connectivity index (χ4v) is 2.18. The van der Waals surface area contributed by atoms with Gasteiger partial charge in [-0.3, -0.25) is 0 Å². The van der Waals surface area contributed by atoms with Gasteiger partial charge in [-0.25, -0.2) is 0 Å². The lowest BCUT2D eigenvalue weighted by atomic mass is 10.0. The molecule has 2 nitrogen and oxygen atoms in total. The molecule has 0 aromatic heterocycles. The van der Waals surface area contributed by atoms with Gasteiger partial charge in [0.25, 0.3) is 0 Å². The summed E-state index contributed by atoms with van der Waals surface area (Å²) in [7, 11) is 0. The highest BCUT2D eigenvalue weighted by molar-refractivity contribution is 5.79. The second-order valence-corrected chi connectivity index (χ2v) is 4.86. The summed E-state index contributed by atoms with van der Waals surface area (Å²) in [6, 6.07) is 8.21. The summed E-state index contributed by atoms with van der Waals surface area (Å²) >= 11 is 0. The van der Waals surface area contributed by atoms with Gasteiger partial charge in [0.1, 0.15) is 0 Å². The third-order valence-electron chi connectivity index (χ3n) is 3.23. The number of hydrogen-bond acceptors (Lipinski definition) is 2. The van der Waals surface area contributed by atoms with Crippen LogP contribution in [-0.2, 0) is 6.42 Å². The Hall–Kier alpha value is -1.31. The Labute approximate surface area is 111 Å². The number of unbranched alkanes of at least 4 members (excludes halogenated alkanes) is 6. The average Bonchev–Trinajstić information content (AvgIpc) is 2.39. The van der Waals surface area contributed by atoms with Gasteiger partial charge in [0.15, 0.2) is 0 Å². The molecule has 1 aromatic rings. The Morgan fingerprint density at radius 1 is 1.06 bits per heavy atom. The van der Waals surface area contributed by atoms with Crippen LogP contribution in [0.4, 0.5) is 0 Å². The van der Waals surface area contributed by atoms with Crippen LogP contribution in [0.5, 0.6) is 0 Å². The molecule has 0 radical (unpaired) electrons. The molecule has 1 N–H and O–H groups in total. The highest BCUT2D eigenvalue weighted by atomic mass is 16.4. The van der Waals surface area contributed by atoms with Gasteiger partial charge in [0.2, 0.25) is 0 Å². The molecule has 0 aliphatic carbocycles. The van der Waals surface area contributed by atoms with Crippen molar-refractivity contribution in [2.75, 3.05) is 0 Å². The zero-order valence-corrected chi connectivity index (χ0v) is 11.4. The lowest BCUT2D eigenvalue weighted by Gasteiger charge is -2.03. The normalized spacial score (nSPS) is 11.2. The number of benzene rings is 1. The van der Waals surface area contributed by atoms with Crippen molar-refractivity contribution in [3.05, 3.63) is 35.4 Å². The van der Waals surface area contributed by atoms with Crippen molar-refractivity contribution in [1.29, 1.82) is 0 Å². The second kappa shape index (κ2) is 9.69. The van der Waals surface area contributed by atoms with E-state index < -0.39 is 0 Å². The van der Waals surface area contributed by atoms with Gasteiger partial charge in [0.05, 0.1) is 6.21 Å². The van der Waals surface area contributed by atoms with Crippen LogP contribution in [0.3, 0.4) is 0 Å². The van der Waals surface area contributed by atoms with Crippen molar-refractivity contribution in [3.8, 4) is 0 Å². The van der Waals surface area contributed by atoms with Crippen molar-refractivity contribution < 1.29 is 5.21 Å². The highest BCUT2D eigenvalue weighted by Gasteiger charge is 1.96. The summed E-state index contributed by atoms with van der Waals surface area (Å²) < 4.78 is 0. The van der Waals surface area contributed by atoms with Gasteiger partial charge >= 0.3 is 0 Å². The van der Waals surface area contributed by atoms with Crippen molar-refractivity contribution in [1.82, 2.24) is 0 Å². The molecule has 0 unspecified atom stereocenters. The molecule has 100 valence electrons. The molecule has 0 saturated carbocycles. The predicted molar refractivity (Wildman–Crippen MR) is 77.5 cm³/mol. The van der Waals surface area contributed by atoms with E-state index in [1.807, 2.05) is 12.1 Å². The van der Waals surface area contributed by atoms with E-state index in [2.05, 4.69) is 24.2 Å². The SMILES string of the molecule is CCCCCCCCCc1cccc(C=NO)c1. The smallest absolute Gasteiger partial charge is 0.0733 e. The first-order valence-electron chi connectivity index (χ1n) is 7.13. The zero-order chi connectivity index (χ0) is 13.1. The summed E-state index contributed by atoms with van der Waals surface area (Å²) in [5.41, 5.74) is 2.30. The van der Waals surface area contributed by atoms with E-state index in [0.717, 1.165) is 12.0 Å². The molecule has 18 heavy (non-hydrogen) atoms. The quantitative estimate of drug-likeness (QED) is 0.289. The van der Waals surface area contributed by atoms with Crippen molar-refractivity contribution in [3.63, 3.8) is 0 Å². The largest absolute Gasteiger partial charge is 0.411 e. The molecule has 0 saturated heterocycles.